The van der Waals surface area contributed by atoms with Crippen LogP contribution in [0, 0.1) is 11.6 Å². The summed E-state index contributed by atoms with van der Waals surface area (Å²) in [5.74, 6) is -0.615. The number of halogens is 2. The third kappa shape index (κ3) is 1.97. The maximum atomic E-state index is 13.5. The van der Waals surface area contributed by atoms with Crippen LogP contribution in [0.25, 0.3) is 11.0 Å². The molecule has 0 radical (unpaired) electrons. The molecule has 0 fully saturated rings. The van der Waals surface area contributed by atoms with Gasteiger partial charge in [-0.25, -0.2) is 13.8 Å². The summed E-state index contributed by atoms with van der Waals surface area (Å²) >= 11 is 0. The summed E-state index contributed by atoms with van der Waals surface area (Å²) in [5, 5.41) is 0. The van der Waals surface area contributed by atoms with Crippen molar-refractivity contribution in [1.82, 2.24) is 9.97 Å². The second kappa shape index (κ2) is 4.22. The maximum Gasteiger partial charge on any atom is 0.153 e. The van der Waals surface area contributed by atoms with Gasteiger partial charge < -0.3 is 4.98 Å². The summed E-state index contributed by atoms with van der Waals surface area (Å²) in [5.41, 5.74) is 1.64. The number of aromatic nitrogens is 2. The van der Waals surface area contributed by atoms with Gasteiger partial charge in [0.25, 0.3) is 0 Å². The molecule has 0 saturated heterocycles. The Bertz CT molecular complexity index is 690. The summed E-state index contributed by atoms with van der Waals surface area (Å²) in [4.78, 5) is 7.09. The van der Waals surface area contributed by atoms with Crippen molar-refractivity contribution in [2.45, 2.75) is 6.42 Å². The lowest BCUT2D eigenvalue weighted by atomic mass is 10.1. The van der Waals surface area contributed by atoms with Crippen molar-refractivity contribution < 1.29 is 8.78 Å². The van der Waals surface area contributed by atoms with Crippen LogP contribution in [-0.2, 0) is 6.42 Å². The van der Waals surface area contributed by atoms with E-state index in [4.69, 9.17) is 0 Å². The third-order valence-corrected chi connectivity index (χ3v) is 2.77. The van der Waals surface area contributed by atoms with Crippen molar-refractivity contribution in [3.8, 4) is 0 Å². The second-order valence-electron chi connectivity index (χ2n) is 4.13. The van der Waals surface area contributed by atoms with E-state index in [1.54, 1.807) is 0 Å². The Labute approximate surface area is 102 Å². The van der Waals surface area contributed by atoms with E-state index in [1.165, 1.54) is 6.07 Å². The molecule has 0 unspecified atom stereocenters. The summed E-state index contributed by atoms with van der Waals surface area (Å²) in [6.07, 6.45) is 0.566. The Morgan fingerprint density at radius 1 is 1.06 bits per heavy atom. The van der Waals surface area contributed by atoms with E-state index >= 15 is 0 Å². The minimum absolute atomic E-state index is 0.183. The van der Waals surface area contributed by atoms with Gasteiger partial charge in [-0.1, -0.05) is 30.3 Å². The minimum atomic E-state index is -0.638. The monoisotopic (exact) mass is 244 g/mol. The Kier molecular flexibility index (Phi) is 2.55. The molecule has 2 aromatic carbocycles. The highest BCUT2D eigenvalue weighted by molar-refractivity contribution is 5.75. The fraction of sp³-hybridized carbons (Fsp3) is 0.0714. The van der Waals surface area contributed by atoms with Gasteiger partial charge in [-0.05, 0) is 11.6 Å². The zero-order valence-electron chi connectivity index (χ0n) is 9.45. The molecule has 1 N–H and O–H groups in total. The van der Waals surface area contributed by atoms with Gasteiger partial charge in [-0.2, -0.15) is 0 Å². The van der Waals surface area contributed by atoms with Crippen molar-refractivity contribution >= 4 is 11.0 Å². The molecular formula is C14H10F2N2. The largest absolute Gasteiger partial charge is 0.342 e. The lowest BCUT2D eigenvalue weighted by Crippen LogP contribution is -1.89. The number of benzene rings is 2. The van der Waals surface area contributed by atoms with Crippen LogP contribution in [0.15, 0.2) is 42.5 Å². The first kappa shape index (κ1) is 10.9. The van der Waals surface area contributed by atoms with Crippen molar-refractivity contribution in [1.29, 1.82) is 0 Å². The molecule has 0 amide bonds. The molecule has 0 saturated carbocycles. The number of fused-ring (bicyclic) bond motifs is 1. The van der Waals surface area contributed by atoms with E-state index < -0.39 is 11.6 Å². The van der Waals surface area contributed by atoms with E-state index in [2.05, 4.69) is 9.97 Å². The molecule has 0 aliphatic rings. The molecule has 3 rings (SSSR count). The average molecular weight is 244 g/mol. The van der Waals surface area contributed by atoms with Crippen LogP contribution in [0.5, 0.6) is 0 Å². The first-order valence-electron chi connectivity index (χ1n) is 5.60. The molecule has 18 heavy (non-hydrogen) atoms. The van der Waals surface area contributed by atoms with E-state index in [9.17, 15) is 8.78 Å². The number of rotatable bonds is 2. The summed E-state index contributed by atoms with van der Waals surface area (Å²) in [6.45, 7) is 0. The number of nitrogens with one attached hydrogen (secondary N) is 1. The van der Waals surface area contributed by atoms with Gasteiger partial charge in [0.15, 0.2) is 5.82 Å². The molecular weight excluding hydrogens is 234 g/mol. The number of aromatic amines is 1. The third-order valence-electron chi connectivity index (χ3n) is 2.77. The predicted octanol–water partition coefficient (Wildman–Crippen LogP) is 3.43. The number of H-pyrrole nitrogens is 1. The molecule has 90 valence electrons. The maximum absolute atomic E-state index is 13.5. The Morgan fingerprint density at radius 3 is 2.61 bits per heavy atom. The first-order chi connectivity index (χ1) is 8.72. The molecule has 0 spiro atoms. The molecule has 3 aromatic rings. The van der Waals surface area contributed by atoms with E-state index in [-0.39, 0.29) is 5.52 Å². The fourth-order valence-electron chi connectivity index (χ4n) is 1.97. The summed E-state index contributed by atoms with van der Waals surface area (Å²) in [6, 6.07) is 11.8. The highest BCUT2D eigenvalue weighted by atomic mass is 19.1. The summed E-state index contributed by atoms with van der Waals surface area (Å²) in [7, 11) is 0. The van der Waals surface area contributed by atoms with Crippen LogP contribution in [-0.4, -0.2) is 9.97 Å². The minimum Gasteiger partial charge on any atom is -0.342 e. The van der Waals surface area contributed by atoms with Crippen molar-refractivity contribution in [3.05, 3.63) is 65.5 Å². The number of hydrogen-bond acceptors (Lipinski definition) is 1. The SMILES string of the molecule is Fc1cc(F)c2nc(Cc3ccccc3)[nH]c2c1. The summed E-state index contributed by atoms with van der Waals surface area (Å²) < 4.78 is 26.5. The second-order valence-corrected chi connectivity index (χ2v) is 4.13. The van der Waals surface area contributed by atoms with Crippen LogP contribution in [0.2, 0.25) is 0 Å². The quantitative estimate of drug-likeness (QED) is 0.735. The number of hydrogen-bond donors (Lipinski definition) is 1. The predicted molar refractivity (Wildman–Crippen MR) is 65.3 cm³/mol. The van der Waals surface area contributed by atoms with Gasteiger partial charge in [-0.3, -0.25) is 0 Å². The lowest BCUT2D eigenvalue weighted by Gasteiger charge is -1.96. The standard InChI is InChI=1S/C14H10F2N2/c15-10-7-11(16)14-12(8-10)17-13(18-14)6-9-4-2-1-3-5-9/h1-5,7-8H,6H2,(H,17,18). The lowest BCUT2D eigenvalue weighted by molar-refractivity contribution is 0.590. The molecule has 1 aromatic heterocycles. The highest BCUT2D eigenvalue weighted by Crippen LogP contribution is 2.18. The first-order valence-corrected chi connectivity index (χ1v) is 5.60. The Balaban J connectivity index is 2.01. The van der Waals surface area contributed by atoms with E-state index in [0.717, 1.165) is 11.6 Å². The fourth-order valence-corrected chi connectivity index (χ4v) is 1.97. The van der Waals surface area contributed by atoms with Crippen molar-refractivity contribution in [2.75, 3.05) is 0 Å². The molecule has 0 atom stereocenters. The molecule has 0 aliphatic heterocycles. The molecule has 0 aliphatic carbocycles. The molecule has 2 nitrogen and oxygen atoms in total. The van der Waals surface area contributed by atoms with Gasteiger partial charge in [-0.15, -0.1) is 0 Å². The van der Waals surface area contributed by atoms with Crippen LogP contribution in [0.4, 0.5) is 8.78 Å². The zero-order chi connectivity index (χ0) is 12.5. The topological polar surface area (TPSA) is 28.7 Å². The van der Waals surface area contributed by atoms with Gasteiger partial charge in [0, 0.05) is 12.5 Å². The van der Waals surface area contributed by atoms with Crippen molar-refractivity contribution in [2.24, 2.45) is 0 Å². The van der Waals surface area contributed by atoms with Crippen LogP contribution in [0.1, 0.15) is 11.4 Å². The molecule has 0 bridgehead atoms. The Hall–Kier alpha value is -2.23. The van der Waals surface area contributed by atoms with Gasteiger partial charge in [0.05, 0.1) is 5.52 Å². The average Bonchev–Trinajstić information content (AvgIpc) is 2.73. The smallest absolute Gasteiger partial charge is 0.153 e. The van der Waals surface area contributed by atoms with Gasteiger partial charge in [0.1, 0.15) is 17.2 Å². The molecule has 4 heteroatoms. The zero-order valence-corrected chi connectivity index (χ0v) is 9.45. The highest BCUT2D eigenvalue weighted by Gasteiger charge is 2.09. The van der Waals surface area contributed by atoms with E-state index in [0.29, 0.717) is 17.8 Å². The van der Waals surface area contributed by atoms with Crippen molar-refractivity contribution in [3.63, 3.8) is 0 Å². The molecule has 1 heterocycles. The number of nitrogens with zero attached hydrogens (tertiary/aromatic N) is 1. The van der Waals surface area contributed by atoms with Gasteiger partial charge >= 0.3 is 0 Å². The van der Waals surface area contributed by atoms with Crippen LogP contribution < -0.4 is 0 Å². The van der Waals surface area contributed by atoms with Crippen LogP contribution in [0.3, 0.4) is 0 Å². The number of imidazole rings is 1. The Morgan fingerprint density at radius 2 is 1.83 bits per heavy atom. The van der Waals surface area contributed by atoms with Crippen LogP contribution >= 0.6 is 0 Å². The van der Waals surface area contributed by atoms with E-state index in [1.807, 2.05) is 30.3 Å². The van der Waals surface area contributed by atoms with Gasteiger partial charge in [0.2, 0.25) is 0 Å². The normalized spacial score (nSPS) is 11.0.